The third kappa shape index (κ3) is 3.22. The number of methoxy groups -OCH3 is 1. The highest BCUT2D eigenvalue weighted by atomic mass is 16.5. The van der Waals surface area contributed by atoms with Crippen molar-refractivity contribution in [3.63, 3.8) is 0 Å². The van der Waals surface area contributed by atoms with Crippen LogP contribution in [-0.4, -0.2) is 25.9 Å². The summed E-state index contributed by atoms with van der Waals surface area (Å²) in [6.45, 7) is 2.02. The molecule has 37 heavy (non-hydrogen) atoms. The van der Waals surface area contributed by atoms with Crippen molar-refractivity contribution < 1.29 is 9.84 Å². The van der Waals surface area contributed by atoms with E-state index in [1.54, 1.807) is 23.7 Å². The zero-order valence-electron chi connectivity index (χ0n) is 20.9. The Labute approximate surface area is 212 Å². The summed E-state index contributed by atoms with van der Waals surface area (Å²) in [7, 11) is 4.70. The number of hydrogen-bond acceptors (Lipinski definition) is 5. The van der Waals surface area contributed by atoms with E-state index in [4.69, 9.17) is 4.74 Å². The van der Waals surface area contributed by atoms with Crippen LogP contribution in [0.5, 0.6) is 11.5 Å². The average molecular weight is 495 g/mol. The van der Waals surface area contributed by atoms with Crippen molar-refractivity contribution in [2.45, 2.75) is 13.0 Å². The number of anilines is 1. The number of aromatic nitrogens is 3. The van der Waals surface area contributed by atoms with E-state index in [0.29, 0.717) is 16.7 Å². The van der Waals surface area contributed by atoms with Crippen molar-refractivity contribution in [1.82, 2.24) is 13.7 Å². The first-order valence-corrected chi connectivity index (χ1v) is 12.0. The summed E-state index contributed by atoms with van der Waals surface area (Å²) in [5.41, 5.74) is 5.84. The first-order chi connectivity index (χ1) is 17.8. The number of ether oxygens (including phenoxy) is 1. The van der Waals surface area contributed by atoms with Crippen LogP contribution in [0.3, 0.4) is 0 Å². The quantitative estimate of drug-likeness (QED) is 0.392. The van der Waals surface area contributed by atoms with Crippen LogP contribution in [0.2, 0.25) is 0 Å². The molecule has 5 aromatic rings. The molecule has 186 valence electrons. The maximum Gasteiger partial charge on any atom is 0.331 e. The van der Waals surface area contributed by atoms with Crippen LogP contribution in [0.4, 0.5) is 5.69 Å². The molecule has 1 aliphatic rings. The van der Waals surface area contributed by atoms with E-state index in [1.807, 2.05) is 61.5 Å². The second-order valence-electron chi connectivity index (χ2n) is 9.39. The summed E-state index contributed by atoms with van der Waals surface area (Å²) in [4.78, 5) is 26.9. The van der Waals surface area contributed by atoms with E-state index in [9.17, 15) is 14.7 Å². The Bertz CT molecular complexity index is 1830. The van der Waals surface area contributed by atoms with Gasteiger partial charge in [0.2, 0.25) is 0 Å². The molecule has 0 amide bonds. The third-order valence-electron chi connectivity index (χ3n) is 7.19. The highest BCUT2D eigenvalue weighted by molar-refractivity contribution is 5.99. The molecular formula is C29H26N4O4. The molecular weight excluding hydrogens is 468 g/mol. The minimum atomic E-state index is -0.441. The normalized spacial score (nSPS) is 14.2. The van der Waals surface area contributed by atoms with Gasteiger partial charge in [-0.05, 0) is 42.3 Å². The SMILES string of the molecule is COc1cc([C@@H]2Nc3ccccc3-n3c(-c4ccc(C)cc4)c4c(=O)n(C)c(=O)n(C)c4c32)ccc1O. The number of phenolic OH excluding ortho intramolecular Hbond substituents is 1. The van der Waals surface area contributed by atoms with Crippen molar-refractivity contribution in [2.75, 3.05) is 12.4 Å². The monoisotopic (exact) mass is 494 g/mol. The maximum absolute atomic E-state index is 13.7. The summed E-state index contributed by atoms with van der Waals surface area (Å²) >= 11 is 0. The van der Waals surface area contributed by atoms with E-state index in [2.05, 4.69) is 9.88 Å². The van der Waals surface area contributed by atoms with Crippen molar-refractivity contribution in [3.8, 4) is 28.4 Å². The van der Waals surface area contributed by atoms with Gasteiger partial charge in [-0.3, -0.25) is 13.9 Å². The fourth-order valence-corrected chi connectivity index (χ4v) is 5.33. The van der Waals surface area contributed by atoms with Crippen molar-refractivity contribution in [3.05, 3.63) is 104 Å². The Balaban J connectivity index is 1.83. The lowest BCUT2D eigenvalue weighted by molar-refractivity contribution is 0.373. The van der Waals surface area contributed by atoms with Gasteiger partial charge in [0.25, 0.3) is 5.56 Å². The Morgan fingerprint density at radius 1 is 0.946 bits per heavy atom. The third-order valence-corrected chi connectivity index (χ3v) is 7.19. The number of aryl methyl sites for hydroxylation is 2. The van der Waals surface area contributed by atoms with Crippen molar-refractivity contribution in [2.24, 2.45) is 14.1 Å². The first kappa shape index (κ1) is 22.7. The van der Waals surface area contributed by atoms with Gasteiger partial charge in [0.15, 0.2) is 11.5 Å². The van der Waals surface area contributed by atoms with Crippen molar-refractivity contribution in [1.29, 1.82) is 0 Å². The number of fused-ring (bicyclic) bond motifs is 5. The standard InChI is InChI=1S/C29H26N4O4/c1-16-9-11-17(12-10-16)25-23-26(31(2)29(36)32(3)28(23)35)27-24(18-13-14-21(34)22(15-18)37-4)30-19-7-5-6-8-20(19)33(25)27/h5-15,24,30,34H,1-4H3/t24-/m0/s1. The van der Waals surface area contributed by atoms with Gasteiger partial charge in [0, 0.05) is 14.1 Å². The summed E-state index contributed by atoms with van der Waals surface area (Å²) in [6, 6.07) is 20.7. The fraction of sp³-hybridized carbons (Fsp3) is 0.172. The molecule has 1 aliphatic heterocycles. The highest BCUT2D eigenvalue weighted by Crippen LogP contribution is 2.46. The van der Waals surface area contributed by atoms with E-state index in [0.717, 1.165) is 44.0 Å². The number of hydrogen-bond donors (Lipinski definition) is 2. The summed E-state index contributed by atoms with van der Waals surface area (Å²) < 4.78 is 10.2. The lowest BCUT2D eigenvalue weighted by Crippen LogP contribution is -2.37. The van der Waals surface area contributed by atoms with Gasteiger partial charge >= 0.3 is 5.69 Å². The number of para-hydroxylation sites is 2. The number of rotatable bonds is 3. The molecule has 0 radical (unpaired) electrons. The van der Waals surface area contributed by atoms with Gasteiger partial charge in [-0.15, -0.1) is 0 Å². The Morgan fingerprint density at radius 3 is 2.41 bits per heavy atom. The van der Waals surface area contributed by atoms with Crippen LogP contribution in [-0.2, 0) is 14.1 Å². The van der Waals surface area contributed by atoms with E-state index >= 15 is 0 Å². The zero-order chi connectivity index (χ0) is 26.0. The topological polar surface area (TPSA) is 90.4 Å². The zero-order valence-corrected chi connectivity index (χ0v) is 20.9. The first-order valence-electron chi connectivity index (χ1n) is 12.0. The van der Waals surface area contributed by atoms with Crippen LogP contribution in [0.1, 0.15) is 22.9 Å². The van der Waals surface area contributed by atoms with Gasteiger partial charge in [-0.1, -0.05) is 48.0 Å². The van der Waals surface area contributed by atoms with E-state index in [1.165, 1.54) is 14.2 Å². The molecule has 8 heteroatoms. The van der Waals surface area contributed by atoms with Gasteiger partial charge in [-0.2, -0.15) is 0 Å². The number of phenols is 1. The molecule has 1 atom stereocenters. The second kappa shape index (κ2) is 8.16. The molecule has 8 nitrogen and oxygen atoms in total. The summed E-state index contributed by atoms with van der Waals surface area (Å²) in [5, 5.41) is 14.3. The van der Waals surface area contributed by atoms with Crippen molar-refractivity contribution >= 4 is 16.6 Å². The maximum atomic E-state index is 13.7. The molecule has 3 heterocycles. The number of nitrogens with one attached hydrogen (secondary N) is 1. The molecule has 0 fully saturated rings. The highest BCUT2D eigenvalue weighted by Gasteiger charge is 2.35. The molecule has 0 unspecified atom stereocenters. The Kier molecular flexibility index (Phi) is 5.01. The predicted octanol–water partition coefficient (Wildman–Crippen LogP) is 4.23. The van der Waals surface area contributed by atoms with Gasteiger partial charge < -0.3 is 19.7 Å². The molecule has 2 N–H and O–H groups in total. The summed E-state index contributed by atoms with van der Waals surface area (Å²) in [5.74, 6) is 0.369. The van der Waals surface area contributed by atoms with Crippen LogP contribution < -0.4 is 21.3 Å². The molecule has 0 bridgehead atoms. The molecule has 0 saturated carbocycles. The molecule has 0 saturated heterocycles. The lowest BCUT2D eigenvalue weighted by Gasteiger charge is -2.31. The van der Waals surface area contributed by atoms with Crippen LogP contribution >= 0.6 is 0 Å². The lowest BCUT2D eigenvalue weighted by atomic mass is 9.99. The number of benzene rings is 3. The largest absolute Gasteiger partial charge is 0.504 e. The smallest absolute Gasteiger partial charge is 0.331 e. The van der Waals surface area contributed by atoms with Crippen LogP contribution in [0.25, 0.3) is 27.8 Å². The summed E-state index contributed by atoms with van der Waals surface area (Å²) in [6.07, 6.45) is 0. The molecule has 2 aromatic heterocycles. The fourth-order valence-electron chi connectivity index (χ4n) is 5.33. The molecule has 0 aliphatic carbocycles. The predicted molar refractivity (Wildman–Crippen MR) is 144 cm³/mol. The van der Waals surface area contributed by atoms with Gasteiger partial charge in [0.05, 0.1) is 46.8 Å². The Hall–Kier alpha value is -4.72. The minimum absolute atomic E-state index is 0.0318. The van der Waals surface area contributed by atoms with Crippen LogP contribution in [0.15, 0.2) is 76.3 Å². The average Bonchev–Trinajstić information content (AvgIpc) is 3.27. The Morgan fingerprint density at radius 2 is 1.68 bits per heavy atom. The minimum Gasteiger partial charge on any atom is -0.504 e. The van der Waals surface area contributed by atoms with Gasteiger partial charge in [-0.25, -0.2) is 4.79 Å². The number of aromatic hydroxyl groups is 1. The van der Waals surface area contributed by atoms with E-state index in [-0.39, 0.29) is 11.3 Å². The number of nitrogens with zero attached hydrogens (tertiary/aromatic N) is 3. The second-order valence-corrected chi connectivity index (χ2v) is 9.39. The molecule has 3 aromatic carbocycles. The van der Waals surface area contributed by atoms with E-state index < -0.39 is 11.7 Å². The molecule has 6 rings (SSSR count). The molecule has 0 spiro atoms. The van der Waals surface area contributed by atoms with Crippen LogP contribution in [0, 0.1) is 6.92 Å². The van der Waals surface area contributed by atoms with Gasteiger partial charge in [0.1, 0.15) is 0 Å².